The molecule has 0 aliphatic heterocycles. The molecule has 0 aliphatic rings. The van der Waals surface area contributed by atoms with Crippen LogP contribution < -0.4 is 0 Å². The molecule has 1 atom stereocenters. The molecule has 0 radical (unpaired) electrons. The molecule has 1 aromatic rings. The number of nitrogens with zero attached hydrogens (tertiary/aromatic N) is 1. The van der Waals surface area contributed by atoms with Crippen molar-refractivity contribution in [2.45, 2.75) is 32.1 Å². The summed E-state index contributed by atoms with van der Waals surface area (Å²) in [4.78, 5) is 11.1. The van der Waals surface area contributed by atoms with Crippen molar-refractivity contribution in [2.75, 3.05) is 0 Å². The predicted molar refractivity (Wildman–Crippen MR) is 63.3 cm³/mol. The average molecular weight is 238 g/mol. The Morgan fingerprint density at radius 2 is 2.56 bits per heavy atom. The number of hydrogen-bond acceptors (Lipinski definition) is 4. The van der Waals surface area contributed by atoms with E-state index in [2.05, 4.69) is 11.2 Å². The van der Waals surface area contributed by atoms with Crippen LogP contribution in [0.4, 0.5) is 0 Å². The van der Waals surface area contributed by atoms with Gasteiger partial charge in [0.15, 0.2) is 0 Å². The Bertz CT molecular complexity index is 411. The molecule has 3 nitrogen and oxygen atoms in total. The molecule has 0 saturated heterocycles. The molecule has 0 bridgehead atoms. The third-order valence-electron chi connectivity index (χ3n) is 2.94. The summed E-state index contributed by atoms with van der Waals surface area (Å²) in [7, 11) is 0. The maximum Gasteiger partial charge on any atom is 0.303 e. The highest BCUT2D eigenvalue weighted by atomic mass is 32.1. The predicted octanol–water partition coefficient (Wildman–Crippen LogP) is 3.03. The van der Waals surface area contributed by atoms with Crippen LogP contribution in [0.1, 0.15) is 32.3 Å². The lowest BCUT2D eigenvalue weighted by molar-refractivity contribution is -0.137. The standard InChI is InChI=1S/C12H15NO2S/c1-9(2)12(8-13,5-3-11(14)15)10-4-6-16-7-10/h4,6-7,9H,3,5H2,1-2H3,(H,14,15)/i/hD. The summed E-state index contributed by atoms with van der Waals surface area (Å²) in [5.41, 5.74) is 0.270. The molecule has 1 aromatic heterocycles. The fourth-order valence-electron chi connectivity index (χ4n) is 1.83. The van der Waals surface area contributed by atoms with Crippen molar-refractivity contribution in [3.8, 4) is 6.07 Å². The molecule has 1 N–H and O–H groups in total. The van der Waals surface area contributed by atoms with Gasteiger partial charge in [0.1, 0.15) is 0 Å². The van der Waals surface area contributed by atoms with Crippen LogP contribution in [-0.2, 0) is 10.2 Å². The van der Waals surface area contributed by atoms with Gasteiger partial charge >= 0.3 is 5.97 Å². The van der Waals surface area contributed by atoms with Gasteiger partial charge in [-0.15, -0.1) is 0 Å². The highest BCUT2D eigenvalue weighted by Crippen LogP contribution is 2.37. The zero-order chi connectivity index (χ0) is 12.9. The van der Waals surface area contributed by atoms with Crippen molar-refractivity contribution in [2.24, 2.45) is 5.92 Å². The van der Waals surface area contributed by atoms with E-state index in [0.29, 0.717) is 6.42 Å². The summed E-state index contributed by atoms with van der Waals surface area (Å²) in [6.45, 7) is 3.93. The molecule has 0 spiro atoms. The number of carboxylic acids is 1. The number of thiophene rings is 1. The third kappa shape index (κ3) is 2.42. The highest BCUT2D eigenvalue weighted by molar-refractivity contribution is 7.08. The first-order valence-electron chi connectivity index (χ1n) is 5.57. The normalized spacial score (nSPS) is 15.0. The minimum absolute atomic E-state index is 0.0884. The summed E-state index contributed by atoms with van der Waals surface area (Å²) < 4.78 is 6.53. The molecule has 4 heteroatoms. The summed E-state index contributed by atoms with van der Waals surface area (Å²) in [6.07, 6.45) is 0.473. The zero-order valence-corrected chi connectivity index (χ0v) is 10.2. The van der Waals surface area contributed by atoms with Gasteiger partial charge in [0.05, 0.1) is 11.5 Å². The van der Waals surface area contributed by atoms with Crippen molar-refractivity contribution in [3.63, 3.8) is 0 Å². The van der Waals surface area contributed by atoms with Gasteiger partial charge in [-0.1, -0.05) is 13.8 Å². The molecule has 16 heavy (non-hydrogen) atoms. The lowest BCUT2D eigenvalue weighted by Crippen LogP contribution is -2.31. The largest absolute Gasteiger partial charge is 0.481 e. The minimum Gasteiger partial charge on any atom is -0.481 e. The molecule has 0 fully saturated rings. The van der Waals surface area contributed by atoms with Crippen LogP contribution in [0.15, 0.2) is 16.8 Å². The van der Waals surface area contributed by atoms with Crippen molar-refractivity contribution in [1.82, 2.24) is 0 Å². The number of rotatable bonds is 5. The third-order valence-corrected chi connectivity index (χ3v) is 3.63. The molecular weight excluding hydrogens is 222 g/mol. The summed E-state index contributed by atoms with van der Waals surface area (Å²) in [5, 5.41) is 17.2. The number of carbonyl (C=O) groups is 1. The molecular formula is C12H15NO2S. The zero-order valence-electron chi connectivity index (χ0n) is 10.4. The van der Waals surface area contributed by atoms with Gasteiger partial charge in [0.2, 0.25) is 0 Å². The van der Waals surface area contributed by atoms with Gasteiger partial charge < -0.3 is 5.11 Å². The number of hydrogen-bond donors (Lipinski definition) is 1. The van der Waals surface area contributed by atoms with E-state index in [4.69, 9.17) is 1.43 Å². The Hall–Kier alpha value is -1.34. The Kier molecular flexibility index (Phi) is 3.58. The van der Waals surface area contributed by atoms with E-state index in [-0.39, 0.29) is 12.3 Å². The Morgan fingerprint density at radius 3 is 3.00 bits per heavy atom. The smallest absolute Gasteiger partial charge is 0.303 e. The fraction of sp³-hybridized carbons (Fsp3) is 0.500. The van der Waals surface area contributed by atoms with E-state index in [1.165, 1.54) is 11.3 Å². The fourth-order valence-corrected chi connectivity index (χ4v) is 2.57. The van der Waals surface area contributed by atoms with Crippen LogP contribution in [0.5, 0.6) is 0 Å². The van der Waals surface area contributed by atoms with Crippen molar-refractivity contribution in [3.05, 3.63) is 22.4 Å². The summed E-state index contributed by atoms with van der Waals surface area (Å²) in [6, 6.07) is 4.25. The van der Waals surface area contributed by atoms with Gasteiger partial charge in [0.25, 0.3) is 1.43 Å². The van der Waals surface area contributed by atoms with E-state index in [9.17, 15) is 10.1 Å². The Balaban J connectivity index is 2.95. The molecule has 0 amide bonds. The van der Waals surface area contributed by atoms with Crippen molar-refractivity contribution in [1.29, 1.82) is 6.69 Å². The van der Waals surface area contributed by atoms with E-state index in [1.54, 1.807) is 0 Å². The van der Waals surface area contributed by atoms with Crippen molar-refractivity contribution >= 4 is 17.3 Å². The average Bonchev–Trinajstić information content (AvgIpc) is 2.84. The first kappa shape index (κ1) is 11.2. The molecule has 1 unspecified atom stereocenters. The second-order valence-electron chi connectivity index (χ2n) is 4.12. The monoisotopic (exact) mass is 238 g/mol. The molecule has 86 valence electrons. The number of aliphatic carboxylic acids is 1. The van der Waals surface area contributed by atoms with Crippen LogP contribution in [0.2, 0.25) is 0 Å². The van der Waals surface area contributed by atoms with E-state index in [0.717, 1.165) is 5.56 Å². The minimum atomic E-state index is -0.672. The van der Waals surface area contributed by atoms with Gasteiger partial charge in [0, 0.05) is 6.42 Å². The SMILES string of the molecule is [2H]OC(=O)CCC(C#N)(c1ccsc1)C(C)C. The van der Waals surface area contributed by atoms with E-state index < -0.39 is 11.4 Å². The van der Waals surface area contributed by atoms with Crippen LogP contribution in [0.3, 0.4) is 0 Å². The number of carboxylic acid groups (broad SMARTS) is 1. The van der Waals surface area contributed by atoms with Crippen LogP contribution in [0.25, 0.3) is 1.43 Å². The first-order chi connectivity index (χ1) is 8.06. The Morgan fingerprint density at radius 1 is 1.81 bits per heavy atom. The van der Waals surface area contributed by atoms with Gasteiger partial charge in [-0.3, -0.25) is 4.79 Å². The molecule has 0 aliphatic carbocycles. The van der Waals surface area contributed by atoms with Crippen LogP contribution >= 0.6 is 11.3 Å². The second kappa shape index (κ2) is 5.13. The lowest BCUT2D eigenvalue weighted by Gasteiger charge is -2.29. The van der Waals surface area contributed by atoms with Crippen molar-refractivity contribution < 1.29 is 9.90 Å². The maximum atomic E-state index is 11.1. The lowest BCUT2D eigenvalue weighted by atomic mass is 9.71. The highest BCUT2D eigenvalue weighted by Gasteiger charge is 2.36. The summed E-state index contributed by atoms with van der Waals surface area (Å²) in [5.74, 6) is -0.499. The van der Waals surface area contributed by atoms with Gasteiger partial charge in [-0.05, 0) is 34.7 Å². The molecule has 1 heterocycles. The van der Waals surface area contributed by atoms with Crippen LogP contribution in [0, 0.1) is 17.2 Å². The maximum absolute atomic E-state index is 11.1. The van der Waals surface area contributed by atoms with Gasteiger partial charge in [-0.25, -0.2) is 0 Å². The van der Waals surface area contributed by atoms with E-state index >= 15 is 0 Å². The summed E-state index contributed by atoms with van der Waals surface area (Å²) >= 11 is 1.53. The molecule has 0 saturated carbocycles. The quantitative estimate of drug-likeness (QED) is 0.857. The van der Waals surface area contributed by atoms with E-state index in [1.807, 2.05) is 30.7 Å². The topological polar surface area (TPSA) is 61.1 Å². The van der Waals surface area contributed by atoms with Crippen LogP contribution in [-0.4, -0.2) is 11.1 Å². The Labute approximate surface area is 101 Å². The number of nitriles is 1. The second-order valence-corrected chi connectivity index (χ2v) is 4.90. The first-order valence-corrected chi connectivity index (χ1v) is 6.11. The molecule has 1 rings (SSSR count). The van der Waals surface area contributed by atoms with Gasteiger partial charge in [-0.2, -0.15) is 16.6 Å². The molecule has 0 aromatic carbocycles.